The highest BCUT2D eigenvalue weighted by Gasteiger charge is 2.47. The molecule has 136 valence electrons. The molecule has 6 atom stereocenters. The Morgan fingerprint density at radius 1 is 1.04 bits per heavy atom. The number of rotatable bonds is 4. The maximum atomic E-state index is 10.5. The van der Waals surface area contributed by atoms with Crippen molar-refractivity contribution in [3.8, 4) is 0 Å². The summed E-state index contributed by atoms with van der Waals surface area (Å²) in [7, 11) is -1.71. The number of hydrogen-bond acceptors (Lipinski definition) is 3. The monoisotopic (exact) mass is 342 g/mol. The molecule has 0 aliphatic heterocycles. The van der Waals surface area contributed by atoms with Crippen molar-refractivity contribution in [1.82, 2.24) is 0 Å². The van der Waals surface area contributed by atoms with Crippen molar-refractivity contribution in [1.29, 1.82) is 0 Å². The second kappa shape index (κ2) is 7.15. The van der Waals surface area contributed by atoms with Crippen LogP contribution in [0.3, 0.4) is 0 Å². The van der Waals surface area contributed by atoms with Gasteiger partial charge in [-0.05, 0) is 67.5 Å². The zero-order chi connectivity index (χ0) is 17.4. The van der Waals surface area contributed by atoms with E-state index in [1.807, 2.05) is 0 Å². The standard InChI is InChI=1S/C19H38O3Si/c1-7-14-10-13(12-22-23(5,6)19(2,3)4)11-15-16(20)8-9-17(21)18(14)15/h13-18,20-21H,7-12H2,1-6H3/t13?,14-,15-,16-,17+,18-/m0/s1. The van der Waals surface area contributed by atoms with Crippen LogP contribution in [0.25, 0.3) is 0 Å². The van der Waals surface area contributed by atoms with Gasteiger partial charge < -0.3 is 14.6 Å². The molecule has 2 N–H and O–H groups in total. The average Bonchev–Trinajstić information content (AvgIpc) is 2.47. The minimum Gasteiger partial charge on any atom is -0.417 e. The van der Waals surface area contributed by atoms with Gasteiger partial charge in [0.2, 0.25) is 0 Å². The molecule has 2 aliphatic carbocycles. The summed E-state index contributed by atoms with van der Waals surface area (Å²) in [5, 5.41) is 21.2. The molecule has 0 bridgehead atoms. The van der Waals surface area contributed by atoms with E-state index in [0.29, 0.717) is 17.8 Å². The van der Waals surface area contributed by atoms with Crippen LogP contribution in [0.5, 0.6) is 0 Å². The van der Waals surface area contributed by atoms with Crippen LogP contribution in [0.1, 0.15) is 59.8 Å². The summed E-state index contributed by atoms with van der Waals surface area (Å²) < 4.78 is 6.46. The molecule has 2 saturated carbocycles. The van der Waals surface area contributed by atoms with E-state index in [9.17, 15) is 10.2 Å². The number of hydrogen-bond donors (Lipinski definition) is 2. The van der Waals surface area contributed by atoms with Gasteiger partial charge in [-0.25, -0.2) is 0 Å². The maximum absolute atomic E-state index is 10.5. The molecule has 0 heterocycles. The highest BCUT2D eigenvalue weighted by Crippen LogP contribution is 2.48. The van der Waals surface area contributed by atoms with Crippen LogP contribution in [0, 0.1) is 23.7 Å². The van der Waals surface area contributed by atoms with Gasteiger partial charge in [-0.1, -0.05) is 34.1 Å². The van der Waals surface area contributed by atoms with Crippen LogP contribution in [0.2, 0.25) is 18.1 Å². The van der Waals surface area contributed by atoms with Crippen LogP contribution >= 0.6 is 0 Å². The molecule has 0 spiro atoms. The molecular formula is C19H38O3Si. The number of aliphatic hydroxyl groups excluding tert-OH is 2. The lowest BCUT2D eigenvalue weighted by molar-refractivity contribution is -0.101. The van der Waals surface area contributed by atoms with E-state index in [1.54, 1.807) is 0 Å². The van der Waals surface area contributed by atoms with Gasteiger partial charge in [0.15, 0.2) is 8.32 Å². The number of aliphatic hydroxyl groups is 2. The summed E-state index contributed by atoms with van der Waals surface area (Å²) in [5.74, 6) is 1.64. The third-order valence-corrected chi connectivity index (χ3v) is 11.5. The highest BCUT2D eigenvalue weighted by atomic mass is 28.4. The van der Waals surface area contributed by atoms with Crippen molar-refractivity contribution in [2.75, 3.05) is 6.61 Å². The van der Waals surface area contributed by atoms with Crippen molar-refractivity contribution in [2.24, 2.45) is 23.7 Å². The summed E-state index contributed by atoms with van der Waals surface area (Å²) in [6.07, 6.45) is 4.35. The summed E-state index contributed by atoms with van der Waals surface area (Å²) in [6, 6.07) is 0. The predicted octanol–water partition coefficient (Wildman–Crippen LogP) is 4.19. The summed E-state index contributed by atoms with van der Waals surface area (Å²) in [6.45, 7) is 14.5. The normalized spacial score (nSPS) is 39.1. The lowest BCUT2D eigenvalue weighted by atomic mass is 9.60. The van der Waals surface area contributed by atoms with E-state index in [-0.39, 0.29) is 23.2 Å². The fraction of sp³-hybridized carbons (Fsp3) is 1.00. The van der Waals surface area contributed by atoms with Gasteiger partial charge in [0.05, 0.1) is 12.2 Å². The molecule has 0 amide bonds. The summed E-state index contributed by atoms with van der Waals surface area (Å²) in [4.78, 5) is 0. The van der Waals surface area contributed by atoms with Crippen LogP contribution in [0.4, 0.5) is 0 Å². The lowest BCUT2D eigenvalue weighted by Gasteiger charge is -2.49. The Kier molecular flexibility index (Phi) is 6.03. The molecule has 1 unspecified atom stereocenters. The lowest BCUT2D eigenvalue weighted by Crippen LogP contribution is -2.50. The molecule has 23 heavy (non-hydrogen) atoms. The fourth-order valence-electron chi connectivity index (χ4n) is 4.45. The first-order chi connectivity index (χ1) is 10.6. The molecule has 2 aliphatic rings. The van der Waals surface area contributed by atoms with Crippen LogP contribution < -0.4 is 0 Å². The Bertz CT molecular complexity index is 391. The van der Waals surface area contributed by atoms with Crippen molar-refractivity contribution < 1.29 is 14.6 Å². The fourth-order valence-corrected chi connectivity index (χ4v) is 5.54. The SMILES string of the molecule is CC[C@H]1CC(CO[Si](C)(C)C(C)(C)C)C[C@@H]2[C@H]1[C@H](O)CC[C@@H]2O. The van der Waals surface area contributed by atoms with Gasteiger partial charge >= 0.3 is 0 Å². The van der Waals surface area contributed by atoms with E-state index in [0.717, 1.165) is 38.7 Å². The highest BCUT2D eigenvalue weighted by molar-refractivity contribution is 6.74. The van der Waals surface area contributed by atoms with Gasteiger partial charge in [-0.15, -0.1) is 0 Å². The Morgan fingerprint density at radius 3 is 2.22 bits per heavy atom. The first-order valence-electron chi connectivity index (χ1n) is 9.57. The zero-order valence-corrected chi connectivity index (χ0v) is 17.0. The second-order valence-electron chi connectivity index (χ2n) is 9.53. The molecule has 0 aromatic heterocycles. The van der Waals surface area contributed by atoms with Crippen LogP contribution in [-0.4, -0.2) is 37.3 Å². The molecule has 4 heteroatoms. The van der Waals surface area contributed by atoms with E-state index in [1.165, 1.54) is 0 Å². The van der Waals surface area contributed by atoms with Gasteiger partial charge in [-0.3, -0.25) is 0 Å². The topological polar surface area (TPSA) is 49.7 Å². The quantitative estimate of drug-likeness (QED) is 0.753. The smallest absolute Gasteiger partial charge is 0.191 e. The molecule has 0 aromatic carbocycles. The van der Waals surface area contributed by atoms with Gasteiger partial charge in [0.1, 0.15) is 0 Å². The molecule has 0 saturated heterocycles. The van der Waals surface area contributed by atoms with Crippen molar-refractivity contribution >= 4 is 8.32 Å². The van der Waals surface area contributed by atoms with E-state index < -0.39 is 8.32 Å². The molecule has 3 nitrogen and oxygen atoms in total. The van der Waals surface area contributed by atoms with Crippen molar-refractivity contribution in [3.05, 3.63) is 0 Å². The predicted molar refractivity (Wildman–Crippen MR) is 97.9 cm³/mol. The van der Waals surface area contributed by atoms with E-state index >= 15 is 0 Å². The minimum atomic E-state index is -1.71. The summed E-state index contributed by atoms with van der Waals surface area (Å²) in [5.41, 5.74) is 0. The molecule has 0 aromatic rings. The first-order valence-corrected chi connectivity index (χ1v) is 12.5. The molecule has 0 radical (unpaired) electrons. The van der Waals surface area contributed by atoms with Gasteiger partial charge in [-0.2, -0.15) is 0 Å². The number of fused-ring (bicyclic) bond motifs is 1. The van der Waals surface area contributed by atoms with Crippen LogP contribution in [-0.2, 0) is 4.43 Å². The Labute approximate surface area is 144 Å². The maximum Gasteiger partial charge on any atom is 0.191 e. The molecule has 2 fully saturated rings. The van der Waals surface area contributed by atoms with Gasteiger partial charge in [0.25, 0.3) is 0 Å². The minimum absolute atomic E-state index is 0.212. The third kappa shape index (κ3) is 4.20. The Balaban J connectivity index is 2.02. The van der Waals surface area contributed by atoms with Crippen molar-refractivity contribution in [3.63, 3.8) is 0 Å². The third-order valence-electron chi connectivity index (χ3n) is 6.99. The zero-order valence-electron chi connectivity index (χ0n) is 16.0. The first kappa shape index (κ1) is 19.4. The molecule has 2 rings (SSSR count). The summed E-state index contributed by atoms with van der Waals surface area (Å²) >= 11 is 0. The van der Waals surface area contributed by atoms with E-state index in [2.05, 4.69) is 40.8 Å². The van der Waals surface area contributed by atoms with Crippen molar-refractivity contribution in [2.45, 2.75) is 90.1 Å². The molecular weight excluding hydrogens is 304 g/mol. The van der Waals surface area contributed by atoms with E-state index in [4.69, 9.17) is 4.43 Å². The Hall–Kier alpha value is 0.0969. The second-order valence-corrected chi connectivity index (χ2v) is 14.3. The Morgan fingerprint density at radius 2 is 1.65 bits per heavy atom. The average molecular weight is 343 g/mol. The van der Waals surface area contributed by atoms with Gasteiger partial charge in [0, 0.05) is 6.61 Å². The largest absolute Gasteiger partial charge is 0.417 e. The van der Waals surface area contributed by atoms with Crippen LogP contribution in [0.15, 0.2) is 0 Å².